The van der Waals surface area contributed by atoms with E-state index in [4.69, 9.17) is 0 Å². The van der Waals surface area contributed by atoms with Crippen molar-refractivity contribution < 1.29 is 8.78 Å². The summed E-state index contributed by atoms with van der Waals surface area (Å²) in [6.07, 6.45) is 1.06. The van der Waals surface area contributed by atoms with E-state index in [1.54, 1.807) is 17.8 Å². The number of hydrogen-bond donors (Lipinski definition) is 1. The fourth-order valence-corrected chi connectivity index (χ4v) is 3.01. The van der Waals surface area contributed by atoms with E-state index in [9.17, 15) is 8.78 Å². The zero-order valence-corrected chi connectivity index (χ0v) is 9.28. The van der Waals surface area contributed by atoms with Gasteiger partial charge in [-0.2, -0.15) is 0 Å². The molecule has 15 heavy (non-hydrogen) atoms. The third-order valence-corrected chi connectivity index (χ3v) is 3.93. The van der Waals surface area contributed by atoms with Crippen molar-refractivity contribution in [1.29, 1.82) is 0 Å². The van der Waals surface area contributed by atoms with Crippen molar-refractivity contribution in [3.63, 3.8) is 0 Å². The maximum absolute atomic E-state index is 13.0. The van der Waals surface area contributed by atoms with Gasteiger partial charge < -0.3 is 0 Å². The maximum Gasteiger partial charge on any atom is 0.159 e. The highest BCUT2D eigenvalue weighted by atomic mass is 32.2. The summed E-state index contributed by atoms with van der Waals surface area (Å²) in [5.74, 6) is -0.524. The molecule has 2 atom stereocenters. The minimum absolute atomic E-state index is 0.102. The summed E-state index contributed by atoms with van der Waals surface area (Å²) < 4.78 is 25.7. The van der Waals surface area contributed by atoms with Gasteiger partial charge in [-0.15, -0.1) is 11.8 Å². The Morgan fingerprint density at radius 2 is 2.20 bits per heavy atom. The van der Waals surface area contributed by atoms with Crippen LogP contribution in [-0.4, -0.2) is 11.8 Å². The van der Waals surface area contributed by atoms with E-state index in [1.165, 1.54) is 12.1 Å². The van der Waals surface area contributed by atoms with Crippen LogP contribution in [0, 0.1) is 11.6 Å². The van der Waals surface area contributed by atoms with Gasteiger partial charge in [0.15, 0.2) is 11.6 Å². The van der Waals surface area contributed by atoms with Crippen LogP contribution < -0.4 is 5.32 Å². The first-order valence-electron chi connectivity index (χ1n) is 5.03. The molecule has 0 spiro atoms. The average molecular weight is 229 g/mol. The second-order valence-electron chi connectivity index (χ2n) is 3.66. The van der Waals surface area contributed by atoms with Gasteiger partial charge in [0, 0.05) is 11.8 Å². The van der Waals surface area contributed by atoms with E-state index in [0.717, 1.165) is 17.7 Å². The summed E-state index contributed by atoms with van der Waals surface area (Å²) in [5, 5.41) is 3.48. The topological polar surface area (TPSA) is 12.0 Å². The molecular formula is C11H13F2NS. The van der Waals surface area contributed by atoms with Gasteiger partial charge in [0.1, 0.15) is 0 Å². The molecule has 82 valence electrons. The van der Waals surface area contributed by atoms with Crippen LogP contribution in [0.2, 0.25) is 0 Å². The second kappa shape index (κ2) is 4.49. The summed E-state index contributed by atoms with van der Waals surface area (Å²) in [6.45, 7) is 2.12. The first-order valence-corrected chi connectivity index (χ1v) is 6.08. The van der Waals surface area contributed by atoms with Crippen molar-refractivity contribution >= 4 is 11.8 Å². The summed E-state index contributed by atoms with van der Waals surface area (Å²) in [7, 11) is 0. The highest BCUT2D eigenvalue weighted by molar-refractivity contribution is 7.99. The van der Waals surface area contributed by atoms with Crippen molar-refractivity contribution in [3.05, 3.63) is 35.4 Å². The Kier molecular flexibility index (Phi) is 3.26. The highest BCUT2D eigenvalue weighted by Crippen LogP contribution is 2.33. The average Bonchev–Trinajstić information content (AvgIpc) is 2.70. The van der Waals surface area contributed by atoms with Crippen LogP contribution in [0.25, 0.3) is 0 Å². The zero-order chi connectivity index (χ0) is 10.8. The predicted octanol–water partition coefficient (Wildman–Crippen LogP) is 3.08. The Labute approximate surface area is 92.3 Å². The van der Waals surface area contributed by atoms with Crippen LogP contribution in [0.3, 0.4) is 0 Å². The lowest BCUT2D eigenvalue weighted by molar-refractivity contribution is 0.503. The van der Waals surface area contributed by atoms with Crippen LogP contribution in [0.5, 0.6) is 0 Å². The lowest BCUT2D eigenvalue weighted by Gasteiger charge is -2.12. The number of benzene rings is 1. The molecule has 2 rings (SSSR count). The molecule has 1 aromatic rings. The van der Waals surface area contributed by atoms with Crippen molar-refractivity contribution in [1.82, 2.24) is 5.32 Å². The Balaban J connectivity index is 2.13. The van der Waals surface area contributed by atoms with Gasteiger partial charge in [-0.3, -0.25) is 5.32 Å². The van der Waals surface area contributed by atoms with Crippen molar-refractivity contribution in [2.24, 2.45) is 0 Å². The minimum atomic E-state index is -0.784. The molecule has 1 saturated heterocycles. The van der Waals surface area contributed by atoms with Gasteiger partial charge in [0.2, 0.25) is 0 Å². The number of halogens is 2. The fraction of sp³-hybridized carbons (Fsp3) is 0.455. The Hall–Kier alpha value is -0.610. The Morgan fingerprint density at radius 1 is 1.40 bits per heavy atom. The normalized spacial score (nSPS) is 25.8. The maximum atomic E-state index is 13.0. The third-order valence-electron chi connectivity index (χ3n) is 2.59. The second-order valence-corrected chi connectivity index (χ2v) is 4.80. The lowest BCUT2D eigenvalue weighted by Crippen LogP contribution is -2.24. The SMILES string of the molecule is CCC1CSC(c2ccc(F)c(F)c2)N1. The summed E-state index contributed by atoms with van der Waals surface area (Å²) >= 11 is 1.74. The van der Waals surface area contributed by atoms with E-state index in [1.807, 2.05) is 0 Å². The molecule has 1 heterocycles. The van der Waals surface area contributed by atoms with Crippen LogP contribution >= 0.6 is 11.8 Å². The molecule has 1 aromatic carbocycles. The third kappa shape index (κ3) is 2.32. The summed E-state index contributed by atoms with van der Waals surface area (Å²) in [6, 6.07) is 4.58. The molecule has 0 radical (unpaired) electrons. The number of rotatable bonds is 2. The zero-order valence-electron chi connectivity index (χ0n) is 8.47. The molecule has 0 amide bonds. The molecule has 0 aromatic heterocycles. The largest absolute Gasteiger partial charge is 0.298 e. The molecule has 1 N–H and O–H groups in total. The van der Waals surface area contributed by atoms with Gasteiger partial charge in [-0.05, 0) is 24.1 Å². The van der Waals surface area contributed by atoms with Gasteiger partial charge in [-0.25, -0.2) is 8.78 Å². The molecule has 1 nitrogen and oxygen atoms in total. The fourth-order valence-electron chi connectivity index (χ4n) is 1.63. The molecule has 0 saturated carbocycles. The molecular weight excluding hydrogens is 216 g/mol. The molecule has 0 aliphatic carbocycles. The van der Waals surface area contributed by atoms with Gasteiger partial charge in [0.05, 0.1) is 5.37 Å². The number of hydrogen-bond acceptors (Lipinski definition) is 2. The van der Waals surface area contributed by atoms with Crippen molar-refractivity contribution in [3.8, 4) is 0 Å². The molecule has 1 aliphatic heterocycles. The molecule has 1 fully saturated rings. The number of nitrogens with one attached hydrogen (secondary N) is 1. The molecule has 0 bridgehead atoms. The van der Waals surface area contributed by atoms with E-state index in [2.05, 4.69) is 12.2 Å². The Morgan fingerprint density at radius 3 is 2.80 bits per heavy atom. The van der Waals surface area contributed by atoms with Crippen LogP contribution in [0.1, 0.15) is 24.3 Å². The first-order chi connectivity index (χ1) is 7.20. The lowest BCUT2D eigenvalue weighted by atomic mass is 10.2. The smallest absolute Gasteiger partial charge is 0.159 e. The standard InChI is InChI=1S/C11H13F2NS/c1-2-8-6-15-11(14-8)7-3-4-9(12)10(13)5-7/h3-5,8,11,14H,2,6H2,1H3. The predicted molar refractivity (Wildman–Crippen MR) is 58.8 cm³/mol. The van der Waals surface area contributed by atoms with Crippen molar-refractivity contribution in [2.45, 2.75) is 24.8 Å². The van der Waals surface area contributed by atoms with E-state index in [-0.39, 0.29) is 5.37 Å². The summed E-state index contributed by atoms with van der Waals surface area (Å²) in [4.78, 5) is 0. The Bertz CT molecular complexity index is 356. The van der Waals surface area contributed by atoms with Gasteiger partial charge >= 0.3 is 0 Å². The quantitative estimate of drug-likeness (QED) is 0.836. The van der Waals surface area contributed by atoms with E-state index in [0.29, 0.717) is 6.04 Å². The summed E-state index contributed by atoms with van der Waals surface area (Å²) in [5.41, 5.74) is 0.815. The number of thioether (sulfide) groups is 1. The van der Waals surface area contributed by atoms with Gasteiger partial charge in [0.25, 0.3) is 0 Å². The first kappa shape index (κ1) is 10.9. The van der Waals surface area contributed by atoms with Crippen molar-refractivity contribution in [2.75, 3.05) is 5.75 Å². The minimum Gasteiger partial charge on any atom is -0.298 e. The molecule has 1 aliphatic rings. The highest BCUT2D eigenvalue weighted by Gasteiger charge is 2.24. The van der Waals surface area contributed by atoms with Gasteiger partial charge in [-0.1, -0.05) is 13.0 Å². The van der Waals surface area contributed by atoms with Crippen LogP contribution in [0.15, 0.2) is 18.2 Å². The molecule has 2 unspecified atom stereocenters. The monoisotopic (exact) mass is 229 g/mol. The van der Waals surface area contributed by atoms with Crippen LogP contribution in [0.4, 0.5) is 8.78 Å². The van der Waals surface area contributed by atoms with E-state index >= 15 is 0 Å². The van der Waals surface area contributed by atoms with Crippen LogP contribution in [-0.2, 0) is 0 Å². The molecule has 4 heteroatoms. The van der Waals surface area contributed by atoms with E-state index < -0.39 is 11.6 Å².